The van der Waals surface area contributed by atoms with Crippen LogP contribution in [0.1, 0.15) is 33.3 Å². The molecule has 2 heterocycles. The number of aliphatic hydroxyl groups excluding tert-OH is 1. The smallest absolute Gasteiger partial charge is 0.263 e. The maximum Gasteiger partial charge on any atom is 0.263 e. The molecule has 0 saturated heterocycles. The Hall–Kier alpha value is -7.01. The summed E-state index contributed by atoms with van der Waals surface area (Å²) in [6.45, 7) is 4.24. The summed E-state index contributed by atoms with van der Waals surface area (Å²) in [6.07, 6.45) is -1.17. The molecule has 8 aromatic carbocycles. The Balaban J connectivity index is 1.17. The van der Waals surface area contributed by atoms with E-state index in [-0.39, 0.29) is 5.91 Å². The molecule has 56 heavy (non-hydrogen) atoms. The highest BCUT2D eigenvalue weighted by molar-refractivity contribution is 6.17. The van der Waals surface area contributed by atoms with Crippen molar-refractivity contribution < 1.29 is 9.90 Å². The fraction of sp³-hybridized carbons (Fsp3) is 0.0577. The first-order valence-electron chi connectivity index (χ1n) is 19.0. The molecule has 9 aromatic rings. The molecular weight excluding hydrogens is 685 g/mol. The van der Waals surface area contributed by atoms with E-state index in [1.807, 2.05) is 78.9 Å². The quantitative estimate of drug-likeness (QED) is 0.186. The number of aliphatic hydroxyl groups is 1. The van der Waals surface area contributed by atoms with Gasteiger partial charge in [0.15, 0.2) is 6.23 Å². The number of rotatable bonds is 6. The number of carbonyl (C=O) groups excluding carboxylic acids is 1. The van der Waals surface area contributed by atoms with Crippen molar-refractivity contribution in [1.29, 1.82) is 0 Å². The van der Waals surface area contributed by atoms with Gasteiger partial charge in [-0.05, 0) is 95.3 Å². The third-order valence-corrected chi connectivity index (χ3v) is 11.2. The highest BCUT2D eigenvalue weighted by Crippen LogP contribution is 2.46. The van der Waals surface area contributed by atoms with Gasteiger partial charge in [-0.1, -0.05) is 151 Å². The second-order valence-corrected chi connectivity index (χ2v) is 14.8. The third kappa shape index (κ3) is 5.54. The molecule has 0 bridgehead atoms. The van der Waals surface area contributed by atoms with Crippen LogP contribution in [0.25, 0.3) is 72.0 Å². The second-order valence-electron chi connectivity index (χ2n) is 14.8. The lowest BCUT2D eigenvalue weighted by Crippen LogP contribution is -2.28. The van der Waals surface area contributed by atoms with Gasteiger partial charge in [0.2, 0.25) is 0 Å². The minimum Gasteiger partial charge on any atom is -0.369 e. The number of fused-ring (bicyclic) bond motifs is 4. The van der Waals surface area contributed by atoms with Crippen LogP contribution >= 0.6 is 0 Å². The molecule has 1 aliphatic heterocycles. The van der Waals surface area contributed by atoms with Gasteiger partial charge in [-0.2, -0.15) is 0 Å². The lowest BCUT2D eigenvalue weighted by molar-refractivity contribution is 0.0935. The van der Waals surface area contributed by atoms with Crippen LogP contribution in [0.15, 0.2) is 182 Å². The Kier molecular flexibility index (Phi) is 8.02. The van der Waals surface area contributed by atoms with Gasteiger partial charge >= 0.3 is 0 Å². The topological polar surface area (TPSA) is 45.5 Å². The SMILES string of the molecule is Cc1cccc(-c2ccc3c(c2)c2cc(-c4cccc(C)c4)ccc2n3-c2cccc3c2C(=O)N(c2ccc(-c4ccccc4)cc2-c2ccccc2)C3O)c1. The molecule has 10 rings (SSSR count). The number of carbonyl (C=O) groups is 1. The molecule has 1 aliphatic rings. The van der Waals surface area contributed by atoms with E-state index in [0.29, 0.717) is 16.8 Å². The lowest BCUT2D eigenvalue weighted by Gasteiger charge is -2.25. The zero-order valence-electron chi connectivity index (χ0n) is 31.1. The maximum absolute atomic E-state index is 15.0. The van der Waals surface area contributed by atoms with Crippen LogP contribution in [-0.4, -0.2) is 15.6 Å². The van der Waals surface area contributed by atoms with Crippen molar-refractivity contribution in [2.45, 2.75) is 20.1 Å². The lowest BCUT2D eigenvalue weighted by atomic mass is 9.96. The molecule has 1 aromatic heterocycles. The monoisotopic (exact) mass is 722 g/mol. The van der Waals surface area contributed by atoms with Crippen LogP contribution in [-0.2, 0) is 0 Å². The number of benzene rings is 8. The first-order chi connectivity index (χ1) is 27.4. The molecule has 0 radical (unpaired) electrons. The number of hydrogen-bond acceptors (Lipinski definition) is 2. The molecule has 1 N–H and O–H groups in total. The van der Waals surface area contributed by atoms with Crippen LogP contribution in [0.5, 0.6) is 0 Å². The van der Waals surface area contributed by atoms with E-state index in [9.17, 15) is 5.11 Å². The fourth-order valence-corrected chi connectivity index (χ4v) is 8.50. The van der Waals surface area contributed by atoms with Gasteiger partial charge in [0.25, 0.3) is 5.91 Å². The van der Waals surface area contributed by atoms with Crippen molar-refractivity contribution in [3.05, 3.63) is 204 Å². The van der Waals surface area contributed by atoms with Crippen LogP contribution in [0.3, 0.4) is 0 Å². The minimum atomic E-state index is -1.17. The van der Waals surface area contributed by atoms with E-state index in [1.165, 1.54) is 11.1 Å². The summed E-state index contributed by atoms with van der Waals surface area (Å²) < 4.78 is 2.20. The van der Waals surface area contributed by atoms with Crippen LogP contribution in [0.4, 0.5) is 5.69 Å². The predicted octanol–water partition coefficient (Wildman–Crippen LogP) is 12.7. The maximum atomic E-state index is 15.0. The summed E-state index contributed by atoms with van der Waals surface area (Å²) in [4.78, 5) is 16.6. The molecule has 268 valence electrons. The first-order valence-corrected chi connectivity index (χ1v) is 19.0. The Morgan fingerprint density at radius 3 is 1.54 bits per heavy atom. The Morgan fingerprint density at radius 1 is 0.446 bits per heavy atom. The largest absolute Gasteiger partial charge is 0.369 e. The van der Waals surface area contributed by atoms with Gasteiger partial charge in [0.05, 0.1) is 28.0 Å². The molecule has 1 amide bonds. The molecule has 0 spiro atoms. The summed E-state index contributed by atoms with van der Waals surface area (Å²) in [6, 6.07) is 62.7. The molecule has 0 aliphatic carbocycles. The Bertz CT molecular complexity index is 2880. The number of nitrogens with zero attached hydrogens (tertiary/aromatic N) is 2. The molecular formula is C52H38N2O2. The van der Waals surface area contributed by atoms with E-state index >= 15 is 4.79 Å². The van der Waals surface area contributed by atoms with Crippen LogP contribution < -0.4 is 4.90 Å². The van der Waals surface area contributed by atoms with E-state index in [0.717, 1.165) is 72.0 Å². The van der Waals surface area contributed by atoms with Gasteiger partial charge < -0.3 is 9.67 Å². The van der Waals surface area contributed by atoms with Crippen molar-refractivity contribution in [3.8, 4) is 50.2 Å². The highest BCUT2D eigenvalue weighted by Gasteiger charge is 2.40. The van der Waals surface area contributed by atoms with Crippen molar-refractivity contribution in [1.82, 2.24) is 4.57 Å². The van der Waals surface area contributed by atoms with Crippen molar-refractivity contribution in [2.24, 2.45) is 0 Å². The predicted molar refractivity (Wildman–Crippen MR) is 230 cm³/mol. The number of aromatic nitrogens is 1. The van der Waals surface area contributed by atoms with E-state index in [1.54, 1.807) is 4.90 Å². The van der Waals surface area contributed by atoms with E-state index in [4.69, 9.17) is 0 Å². The number of anilines is 1. The van der Waals surface area contributed by atoms with Crippen molar-refractivity contribution in [2.75, 3.05) is 4.90 Å². The van der Waals surface area contributed by atoms with Gasteiger partial charge in [-0.15, -0.1) is 0 Å². The summed E-state index contributed by atoms with van der Waals surface area (Å²) in [5.41, 5.74) is 15.4. The van der Waals surface area contributed by atoms with Crippen LogP contribution in [0, 0.1) is 13.8 Å². The van der Waals surface area contributed by atoms with E-state index < -0.39 is 6.23 Å². The van der Waals surface area contributed by atoms with Gasteiger partial charge in [-0.3, -0.25) is 9.69 Å². The van der Waals surface area contributed by atoms with Gasteiger partial charge in [-0.25, -0.2) is 0 Å². The fourth-order valence-electron chi connectivity index (χ4n) is 8.50. The highest BCUT2D eigenvalue weighted by atomic mass is 16.3. The number of hydrogen-bond donors (Lipinski definition) is 1. The van der Waals surface area contributed by atoms with Gasteiger partial charge in [0, 0.05) is 21.9 Å². The Labute approximate surface area is 326 Å². The average Bonchev–Trinajstić information content (AvgIpc) is 3.70. The zero-order valence-corrected chi connectivity index (χ0v) is 31.1. The normalized spacial score (nSPS) is 13.8. The number of aryl methyl sites for hydroxylation is 2. The average molecular weight is 723 g/mol. The minimum absolute atomic E-state index is 0.240. The van der Waals surface area contributed by atoms with E-state index in [2.05, 4.69) is 122 Å². The molecule has 0 saturated carbocycles. The molecule has 0 fully saturated rings. The summed E-state index contributed by atoms with van der Waals surface area (Å²) in [5, 5.41) is 14.3. The molecule has 1 unspecified atom stereocenters. The standard InChI is InChI=1S/C52H38N2O2/c1-33-12-9-18-37(28-33)40-23-26-47-44(31-40)45-32-41(38-19-10-13-34(2)29-38)24-27-48(45)53(47)49-21-11-20-42-50(49)52(56)54(51(42)55)46-25-22-39(35-14-5-3-6-15-35)30-43(46)36-16-7-4-8-17-36/h3-32,51,55H,1-2H3. The Morgan fingerprint density at radius 2 is 0.946 bits per heavy atom. The zero-order chi connectivity index (χ0) is 37.9. The summed E-state index contributed by atoms with van der Waals surface area (Å²) >= 11 is 0. The third-order valence-electron chi connectivity index (χ3n) is 11.2. The molecule has 4 nitrogen and oxygen atoms in total. The summed E-state index contributed by atoms with van der Waals surface area (Å²) in [7, 11) is 0. The van der Waals surface area contributed by atoms with Crippen molar-refractivity contribution in [3.63, 3.8) is 0 Å². The number of amides is 1. The van der Waals surface area contributed by atoms with Crippen LogP contribution in [0.2, 0.25) is 0 Å². The van der Waals surface area contributed by atoms with Crippen molar-refractivity contribution >= 4 is 33.4 Å². The second kappa shape index (κ2) is 13.4. The first kappa shape index (κ1) is 33.6. The van der Waals surface area contributed by atoms with Gasteiger partial charge in [0.1, 0.15) is 0 Å². The summed E-state index contributed by atoms with van der Waals surface area (Å²) in [5.74, 6) is -0.240. The molecule has 1 atom stereocenters. The molecule has 4 heteroatoms.